The van der Waals surface area contributed by atoms with Gasteiger partial charge in [0, 0.05) is 33.8 Å². The summed E-state index contributed by atoms with van der Waals surface area (Å²) in [6.07, 6.45) is 0.820. The van der Waals surface area contributed by atoms with Crippen LogP contribution in [0.15, 0.2) is 47.5 Å². The van der Waals surface area contributed by atoms with Crippen molar-refractivity contribution in [1.82, 2.24) is 20.2 Å². The molecule has 1 fully saturated rings. The highest BCUT2D eigenvalue weighted by Gasteiger charge is 2.37. The predicted molar refractivity (Wildman–Crippen MR) is 122 cm³/mol. The molecule has 0 amide bonds. The molecule has 0 bridgehead atoms. The number of pyridine rings is 2. The number of nitrogens with two attached hydrogens (primary N) is 1. The molecule has 4 N–H and O–H groups in total. The summed E-state index contributed by atoms with van der Waals surface area (Å²) in [4.78, 5) is 20.1. The highest BCUT2D eigenvalue weighted by Crippen LogP contribution is 2.42. The van der Waals surface area contributed by atoms with E-state index in [1.807, 2.05) is 0 Å². The van der Waals surface area contributed by atoms with Gasteiger partial charge in [-0.3, -0.25) is 14.9 Å². The molecule has 1 aliphatic carbocycles. The van der Waals surface area contributed by atoms with Crippen LogP contribution in [0.3, 0.4) is 0 Å². The number of aromatic amines is 2. The second-order valence-corrected chi connectivity index (χ2v) is 8.50. The molecule has 0 radical (unpaired) electrons. The topological polar surface area (TPSA) is 110 Å². The molecular formula is C24H18F3N5O2. The van der Waals surface area contributed by atoms with Crippen LogP contribution in [0.4, 0.5) is 18.9 Å². The smallest absolute Gasteiger partial charge is 0.272 e. The Morgan fingerprint density at radius 1 is 1.12 bits per heavy atom. The summed E-state index contributed by atoms with van der Waals surface area (Å²) in [5, 5.41) is 8.21. The summed E-state index contributed by atoms with van der Waals surface area (Å²) in [5.74, 6) is -0.763. The second kappa shape index (κ2) is 7.47. The predicted octanol–water partition coefficient (Wildman–Crippen LogP) is 4.76. The van der Waals surface area contributed by atoms with Crippen molar-refractivity contribution in [1.29, 1.82) is 0 Å². The van der Waals surface area contributed by atoms with Crippen LogP contribution in [0.1, 0.15) is 12.8 Å². The fourth-order valence-electron chi connectivity index (χ4n) is 4.68. The Bertz CT molecular complexity index is 1640. The lowest BCUT2D eigenvalue weighted by atomic mass is 9.82. The molecule has 7 nitrogen and oxygen atoms in total. The van der Waals surface area contributed by atoms with Crippen LogP contribution < -0.4 is 16.0 Å². The molecule has 1 saturated carbocycles. The number of rotatable bonds is 4. The van der Waals surface area contributed by atoms with Gasteiger partial charge in [-0.05, 0) is 42.7 Å². The van der Waals surface area contributed by atoms with Crippen molar-refractivity contribution in [2.24, 2.45) is 5.92 Å². The molecule has 172 valence electrons. The first kappa shape index (κ1) is 20.5. The van der Waals surface area contributed by atoms with Crippen molar-refractivity contribution >= 4 is 38.4 Å². The Hall–Kier alpha value is -4.08. The molecule has 1 aliphatic rings. The number of hydrogen-bond donors (Lipinski definition) is 3. The number of nitrogens with zero attached hydrogens (tertiary/aromatic N) is 2. The Kier molecular flexibility index (Phi) is 4.51. The minimum atomic E-state index is -2.38. The first-order chi connectivity index (χ1) is 16.4. The van der Waals surface area contributed by atoms with E-state index in [2.05, 4.69) is 20.2 Å². The first-order valence-electron chi connectivity index (χ1n) is 10.7. The standard InChI is InChI=1S/C24H18F3N5O2/c25-16-4-3-12(15-9-30-32-21(15)16)18-14-8-17(34-11-6-10(7-11)23(26)27)22-13(2-1-5-29-22)20(14)31-24(33)19(18)28/h1-5,8-11,23H,6-7,28H2,(H,30,32)(H,31,33). The van der Waals surface area contributed by atoms with E-state index in [1.165, 1.54) is 12.3 Å². The molecule has 0 spiro atoms. The maximum atomic E-state index is 14.3. The SMILES string of the molecule is Nc1c(-c2ccc(F)c3[nH]ncc23)c2cc(OC3CC(C(F)F)C3)c3ncccc3c2[nH]c1=O. The van der Waals surface area contributed by atoms with Crippen molar-refractivity contribution in [2.75, 3.05) is 5.73 Å². The van der Waals surface area contributed by atoms with Gasteiger partial charge in [-0.2, -0.15) is 5.10 Å². The molecule has 0 saturated heterocycles. The number of alkyl halides is 2. The summed E-state index contributed by atoms with van der Waals surface area (Å²) >= 11 is 0. The van der Waals surface area contributed by atoms with Gasteiger partial charge in [-0.1, -0.05) is 6.07 Å². The van der Waals surface area contributed by atoms with Crippen LogP contribution in [0, 0.1) is 11.7 Å². The van der Waals surface area contributed by atoms with Crippen molar-refractivity contribution in [3.63, 3.8) is 0 Å². The molecule has 34 heavy (non-hydrogen) atoms. The molecule has 10 heteroatoms. The Morgan fingerprint density at radius 2 is 1.94 bits per heavy atom. The zero-order valence-electron chi connectivity index (χ0n) is 17.6. The van der Waals surface area contributed by atoms with E-state index in [0.29, 0.717) is 44.1 Å². The van der Waals surface area contributed by atoms with Gasteiger partial charge in [0.2, 0.25) is 6.43 Å². The summed E-state index contributed by atoms with van der Waals surface area (Å²) in [6, 6.07) is 8.04. The highest BCUT2D eigenvalue weighted by molar-refractivity contribution is 6.15. The lowest BCUT2D eigenvalue weighted by Crippen LogP contribution is -2.37. The number of hydrogen-bond acceptors (Lipinski definition) is 5. The van der Waals surface area contributed by atoms with E-state index in [-0.39, 0.29) is 30.1 Å². The summed E-state index contributed by atoms with van der Waals surface area (Å²) in [5.41, 5.74) is 7.81. The van der Waals surface area contributed by atoms with Gasteiger partial charge < -0.3 is 15.5 Å². The van der Waals surface area contributed by atoms with Crippen molar-refractivity contribution < 1.29 is 17.9 Å². The van der Waals surface area contributed by atoms with Crippen LogP contribution in [0.5, 0.6) is 5.75 Å². The van der Waals surface area contributed by atoms with Crippen LogP contribution in [0.25, 0.3) is 43.8 Å². The van der Waals surface area contributed by atoms with Crippen molar-refractivity contribution in [2.45, 2.75) is 25.4 Å². The van der Waals surface area contributed by atoms with Gasteiger partial charge in [0.05, 0.1) is 17.8 Å². The fraction of sp³-hybridized carbons (Fsp3) is 0.208. The molecular weight excluding hydrogens is 447 g/mol. The molecule has 0 aliphatic heterocycles. The van der Waals surface area contributed by atoms with Crippen molar-refractivity contribution in [3.8, 4) is 16.9 Å². The monoisotopic (exact) mass is 465 g/mol. The third kappa shape index (κ3) is 3.01. The number of H-pyrrole nitrogens is 2. The molecule has 2 aromatic carbocycles. The van der Waals surface area contributed by atoms with Gasteiger partial charge in [-0.25, -0.2) is 13.2 Å². The van der Waals surface area contributed by atoms with Gasteiger partial charge >= 0.3 is 0 Å². The van der Waals surface area contributed by atoms with E-state index in [1.54, 1.807) is 30.5 Å². The zero-order valence-corrected chi connectivity index (χ0v) is 17.6. The molecule has 6 rings (SSSR count). The second-order valence-electron chi connectivity index (χ2n) is 8.50. The van der Waals surface area contributed by atoms with E-state index in [0.717, 1.165) is 0 Å². The normalized spacial score (nSPS) is 18.1. The minimum Gasteiger partial charge on any atom is -0.488 e. The van der Waals surface area contributed by atoms with E-state index >= 15 is 0 Å². The number of halogens is 3. The quantitative estimate of drug-likeness (QED) is 0.332. The summed E-state index contributed by atoms with van der Waals surface area (Å²) in [6.45, 7) is 0. The summed E-state index contributed by atoms with van der Waals surface area (Å²) < 4.78 is 46.3. The lowest BCUT2D eigenvalue weighted by molar-refractivity contribution is -0.0323. The van der Waals surface area contributed by atoms with E-state index in [4.69, 9.17) is 10.5 Å². The molecule has 5 aromatic rings. The fourth-order valence-corrected chi connectivity index (χ4v) is 4.68. The third-order valence-electron chi connectivity index (χ3n) is 6.49. The highest BCUT2D eigenvalue weighted by atomic mass is 19.3. The van der Waals surface area contributed by atoms with Gasteiger partial charge in [0.25, 0.3) is 5.56 Å². The Labute approximate surface area is 189 Å². The first-order valence-corrected chi connectivity index (χ1v) is 10.7. The number of nitrogens with one attached hydrogen (secondary N) is 2. The molecule has 3 aromatic heterocycles. The minimum absolute atomic E-state index is 0.0443. The third-order valence-corrected chi connectivity index (χ3v) is 6.49. The van der Waals surface area contributed by atoms with Gasteiger partial charge in [-0.15, -0.1) is 0 Å². The van der Waals surface area contributed by atoms with E-state index in [9.17, 15) is 18.0 Å². The number of ether oxygens (including phenoxy) is 1. The largest absolute Gasteiger partial charge is 0.488 e. The maximum absolute atomic E-state index is 14.3. The van der Waals surface area contributed by atoms with Crippen LogP contribution in [-0.2, 0) is 0 Å². The zero-order chi connectivity index (χ0) is 23.6. The number of nitrogen functional groups attached to an aromatic ring is 1. The average Bonchev–Trinajstić information content (AvgIpc) is 3.29. The number of aromatic nitrogens is 4. The van der Waals surface area contributed by atoms with Crippen LogP contribution in [0.2, 0.25) is 0 Å². The van der Waals surface area contributed by atoms with Gasteiger partial charge in [0.15, 0.2) is 0 Å². The van der Waals surface area contributed by atoms with Crippen molar-refractivity contribution in [3.05, 3.63) is 58.9 Å². The van der Waals surface area contributed by atoms with E-state index < -0.39 is 23.7 Å². The number of anilines is 1. The Balaban J connectivity index is 1.62. The Morgan fingerprint density at radius 3 is 2.74 bits per heavy atom. The molecule has 0 atom stereocenters. The van der Waals surface area contributed by atoms with Crippen LogP contribution in [-0.4, -0.2) is 32.7 Å². The number of benzene rings is 2. The molecule has 3 heterocycles. The lowest BCUT2D eigenvalue weighted by Gasteiger charge is -2.35. The average molecular weight is 465 g/mol. The molecule has 0 unspecified atom stereocenters. The van der Waals surface area contributed by atoms with Gasteiger partial charge in [0.1, 0.15) is 28.3 Å². The van der Waals surface area contributed by atoms with Crippen LogP contribution >= 0.6 is 0 Å². The number of fused-ring (bicyclic) bond motifs is 4. The summed E-state index contributed by atoms with van der Waals surface area (Å²) in [7, 11) is 0. The maximum Gasteiger partial charge on any atom is 0.272 e.